The van der Waals surface area contributed by atoms with Gasteiger partial charge in [-0.15, -0.1) is 0 Å². The van der Waals surface area contributed by atoms with E-state index in [2.05, 4.69) is 44.0 Å². The first-order valence-electron chi connectivity index (χ1n) is 14.8. The highest BCUT2D eigenvalue weighted by atomic mass is 19.3. The lowest BCUT2D eigenvalue weighted by Crippen LogP contribution is -2.55. The van der Waals surface area contributed by atoms with E-state index in [0.29, 0.717) is 17.6 Å². The number of aromatic nitrogens is 3. The Labute approximate surface area is 260 Å². The fourth-order valence-electron chi connectivity index (χ4n) is 5.18. The molecular formula is C31H36F2N8O4. The number of amides is 1. The highest BCUT2D eigenvalue weighted by Crippen LogP contribution is 2.33. The summed E-state index contributed by atoms with van der Waals surface area (Å²) in [5.41, 5.74) is 2.40. The summed E-state index contributed by atoms with van der Waals surface area (Å²) in [6.07, 6.45) is -0.343. The molecule has 14 heteroatoms. The lowest BCUT2D eigenvalue weighted by Gasteiger charge is -2.38. The summed E-state index contributed by atoms with van der Waals surface area (Å²) in [5, 5.41) is 21.9. The number of nitrogens with zero attached hydrogens (tertiary/aromatic N) is 7. The topological polar surface area (TPSA) is 140 Å². The van der Waals surface area contributed by atoms with Crippen LogP contribution in [0.5, 0.6) is 5.75 Å². The molecule has 3 aromatic rings. The Morgan fingerprint density at radius 1 is 1.22 bits per heavy atom. The number of aliphatic hydroxyl groups excluding tert-OH is 1. The Balaban J connectivity index is 1.23. The van der Waals surface area contributed by atoms with Crippen molar-refractivity contribution in [3.8, 4) is 23.2 Å². The van der Waals surface area contributed by atoms with Gasteiger partial charge in [-0.25, -0.2) is 18.7 Å². The van der Waals surface area contributed by atoms with E-state index >= 15 is 0 Å². The predicted octanol–water partition coefficient (Wildman–Crippen LogP) is 2.92. The lowest BCUT2D eigenvalue weighted by atomic mass is 10.0. The molecule has 1 aromatic heterocycles. The molecule has 1 unspecified atom stereocenters. The molecule has 0 aliphatic carbocycles. The molecule has 0 radical (unpaired) electrons. The largest absolute Gasteiger partial charge is 0.483 e. The number of benzene rings is 2. The molecule has 238 valence electrons. The first kappa shape index (κ1) is 32.0. The maximum Gasteiger partial charge on any atom is 0.301 e. The van der Waals surface area contributed by atoms with E-state index in [1.807, 2.05) is 30.3 Å². The average Bonchev–Trinajstić information content (AvgIpc) is 3.02. The van der Waals surface area contributed by atoms with Crippen LogP contribution in [0.25, 0.3) is 11.4 Å². The molecule has 2 saturated heterocycles. The van der Waals surface area contributed by atoms with Crippen molar-refractivity contribution in [2.45, 2.75) is 31.4 Å². The van der Waals surface area contributed by atoms with Crippen LogP contribution in [0.2, 0.25) is 0 Å². The van der Waals surface area contributed by atoms with Gasteiger partial charge < -0.3 is 29.7 Å². The molecule has 5 rings (SSSR count). The van der Waals surface area contributed by atoms with Crippen LogP contribution >= 0.6 is 0 Å². The molecule has 1 amide bonds. The number of anilines is 3. The second-order valence-electron chi connectivity index (χ2n) is 11.0. The number of carbonyl (C=O) groups is 1. The summed E-state index contributed by atoms with van der Waals surface area (Å²) in [6.45, 7) is 4.73. The zero-order valence-corrected chi connectivity index (χ0v) is 25.2. The summed E-state index contributed by atoms with van der Waals surface area (Å²) in [6, 6.07) is 14.9. The Morgan fingerprint density at radius 3 is 2.64 bits per heavy atom. The van der Waals surface area contributed by atoms with Crippen molar-refractivity contribution in [2.75, 3.05) is 69.8 Å². The van der Waals surface area contributed by atoms with Gasteiger partial charge in [-0.05, 0) is 56.4 Å². The van der Waals surface area contributed by atoms with Gasteiger partial charge in [0.2, 0.25) is 11.9 Å². The zero-order valence-electron chi connectivity index (χ0n) is 25.2. The van der Waals surface area contributed by atoms with E-state index in [1.54, 1.807) is 6.07 Å². The predicted molar refractivity (Wildman–Crippen MR) is 162 cm³/mol. The number of likely N-dealkylation sites (N-methyl/N-ethyl adjacent to an activating group) is 2. The second-order valence-corrected chi connectivity index (χ2v) is 11.0. The monoisotopic (exact) mass is 622 g/mol. The van der Waals surface area contributed by atoms with Gasteiger partial charge >= 0.3 is 5.92 Å². The smallest absolute Gasteiger partial charge is 0.301 e. The van der Waals surface area contributed by atoms with Crippen molar-refractivity contribution in [3.63, 3.8) is 0 Å². The Bertz CT molecular complexity index is 1520. The zero-order chi connectivity index (χ0) is 32.0. The summed E-state index contributed by atoms with van der Waals surface area (Å²) in [4.78, 5) is 30.1. The molecule has 2 fully saturated rings. The van der Waals surface area contributed by atoms with Crippen LogP contribution in [0.3, 0.4) is 0 Å². The highest BCUT2D eigenvalue weighted by molar-refractivity contribution is 5.77. The molecular weight excluding hydrogens is 586 g/mol. The van der Waals surface area contributed by atoms with Crippen molar-refractivity contribution in [1.82, 2.24) is 24.8 Å². The number of likely N-dealkylation sites (tertiary alicyclic amines) is 1. The van der Waals surface area contributed by atoms with Crippen LogP contribution < -0.4 is 15.0 Å². The number of hydrogen-bond donors (Lipinski definition) is 2. The number of ether oxygens (including phenoxy) is 2. The molecule has 3 heterocycles. The number of alkyl halides is 2. The number of hydrogen-bond acceptors (Lipinski definition) is 11. The normalized spacial score (nSPS) is 17.8. The molecule has 2 aromatic carbocycles. The number of halogens is 2. The van der Waals surface area contributed by atoms with Gasteiger partial charge in [-0.3, -0.25) is 9.69 Å². The number of nitrogens with one attached hydrogen (secondary N) is 1. The third kappa shape index (κ3) is 7.62. The number of rotatable bonds is 12. The van der Waals surface area contributed by atoms with Gasteiger partial charge in [0.25, 0.3) is 0 Å². The number of nitriles is 1. The Hall–Kier alpha value is -4.45. The maximum atomic E-state index is 14.8. The molecule has 2 aliphatic rings. The summed E-state index contributed by atoms with van der Waals surface area (Å²) >= 11 is 0. The van der Waals surface area contributed by atoms with Crippen molar-refractivity contribution < 1.29 is 28.2 Å². The summed E-state index contributed by atoms with van der Waals surface area (Å²) in [5.74, 6) is -3.56. The van der Waals surface area contributed by atoms with E-state index in [9.17, 15) is 18.8 Å². The van der Waals surface area contributed by atoms with Gasteiger partial charge in [0.05, 0.1) is 31.4 Å². The third-order valence-electron chi connectivity index (χ3n) is 8.06. The van der Waals surface area contributed by atoms with Crippen molar-refractivity contribution in [1.29, 1.82) is 5.26 Å². The number of carbonyl (C=O) groups excluding carboxylic acids is 1. The first-order valence-corrected chi connectivity index (χ1v) is 14.8. The van der Waals surface area contributed by atoms with E-state index < -0.39 is 31.1 Å². The van der Waals surface area contributed by atoms with E-state index in [1.165, 1.54) is 18.5 Å². The van der Waals surface area contributed by atoms with Gasteiger partial charge in [0.15, 0.2) is 11.9 Å². The fraction of sp³-hybridized carbons (Fsp3) is 0.452. The van der Waals surface area contributed by atoms with Crippen LogP contribution in [-0.2, 0) is 9.53 Å². The highest BCUT2D eigenvalue weighted by Gasteiger charge is 2.47. The SMILES string of the molecule is CCN(CCN(C)C1COC1)c1ccc(Nc2ncnc(-c3ccc(OC4CCN(C(=O)CO)CC4(F)F)c(C#N)c3)n2)cc1. The van der Waals surface area contributed by atoms with Crippen molar-refractivity contribution in [2.24, 2.45) is 0 Å². The van der Waals surface area contributed by atoms with E-state index in [4.69, 9.17) is 14.6 Å². The van der Waals surface area contributed by atoms with Crippen LogP contribution in [0.4, 0.5) is 26.1 Å². The Kier molecular flexibility index (Phi) is 10.0. The van der Waals surface area contributed by atoms with Gasteiger partial charge in [0.1, 0.15) is 24.8 Å². The minimum absolute atomic E-state index is 0.00794. The summed E-state index contributed by atoms with van der Waals surface area (Å²) < 4.78 is 40.4. The molecule has 0 spiro atoms. The van der Waals surface area contributed by atoms with Crippen molar-refractivity contribution >= 4 is 23.2 Å². The number of aliphatic hydroxyl groups is 1. The minimum Gasteiger partial charge on any atom is -0.483 e. The van der Waals surface area contributed by atoms with Gasteiger partial charge in [-0.2, -0.15) is 10.2 Å². The quantitative estimate of drug-likeness (QED) is 0.308. The molecule has 0 bridgehead atoms. The summed E-state index contributed by atoms with van der Waals surface area (Å²) in [7, 11) is 2.12. The van der Waals surface area contributed by atoms with Gasteiger partial charge in [-0.1, -0.05) is 0 Å². The van der Waals surface area contributed by atoms with Crippen LogP contribution in [0, 0.1) is 11.3 Å². The van der Waals surface area contributed by atoms with Gasteiger partial charge in [0, 0.05) is 49.5 Å². The van der Waals surface area contributed by atoms with Crippen molar-refractivity contribution in [3.05, 3.63) is 54.4 Å². The minimum atomic E-state index is -3.36. The molecule has 45 heavy (non-hydrogen) atoms. The number of piperidine rings is 1. The van der Waals surface area contributed by atoms with E-state index in [0.717, 1.165) is 49.1 Å². The standard InChI is InChI=1S/C31H36F2N8O4/c1-3-40(13-12-39(2)25-17-44-18-25)24-7-5-23(6-8-24)37-30-36-20-35-29(38-30)21-4-9-26(22(14-21)15-34)45-27-10-11-41(28(43)16-42)19-31(27,32)33/h4-9,14,20,25,27,42H,3,10-13,16-19H2,1-2H3,(H,35,36,37,38). The third-order valence-corrected chi connectivity index (χ3v) is 8.06. The lowest BCUT2D eigenvalue weighted by molar-refractivity contribution is -0.161. The second kappa shape index (κ2) is 14.1. The maximum absolute atomic E-state index is 14.8. The van der Waals surface area contributed by atoms with Crippen LogP contribution in [-0.4, -0.2) is 113 Å². The van der Waals surface area contributed by atoms with Crippen LogP contribution in [0.15, 0.2) is 48.8 Å². The fourth-order valence-corrected chi connectivity index (χ4v) is 5.18. The molecule has 2 N–H and O–H groups in total. The van der Waals surface area contributed by atoms with Crippen LogP contribution in [0.1, 0.15) is 18.9 Å². The first-order chi connectivity index (χ1) is 21.7. The molecule has 12 nitrogen and oxygen atoms in total. The average molecular weight is 623 g/mol. The molecule has 2 aliphatic heterocycles. The van der Waals surface area contributed by atoms with E-state index in [-0.39, 0.29) is 30.1 Å². The molecule has 0 saturated carbocycles. The Morgan fingerprint density at radius 2 is 2.00 bits per heavy atom. The molecule has 1 atom stereocenters.